The van der Waals surface area contributed by atoms with Crippen molar-refractivity contribution in [2.45, 2.75) is 284 Å². The first-order chi connectivity index (χ1) is 50.1. The Labute approximate surface area is 638 Å². The van der Waals surface area contributed by atoms with Crippen molar-refractivity contribution in [2.24, 2.45) is 41.4 Å². The SMILES string of the molecule is CC[C@H]1C(=O)N[C@@H]([C@@H](C)O)C(=O)N(C)CC(=O)N(C)[C@@H](CC2CCCCC2)C(=O)N(C)[C@@H](CC(C)C)C(=O)N[C@@H](COC(C)(C)C)C(=O)N(C)[C@@H](CC(C)C)C(=O)N[C@H](C(=O)N2CCCCC2)CC(=O)N(CCC2CCC(C(=O)NC)C(OC)C2)CC(=O)N(C)[C@@H](CC(C)C)C(=O)N[C@@H](CC(C)C)C(=O)N1C. The summed E-state index contributed by atoms with van der Waals surface area (Å²) in [5.41, 5.74) is -0.861. The van der Waals surface area contributed by atoms with Crippen molar-refractivity contribution >= 4 is 76.8 Å². The zero-order valence-corrected chi connectivity index (χ0v) is 68.7. The van der Waals surface area contributed by atoms with Crippen LogP contribution in [0.25, 0.3) is 0 Å². The summed E-state index contributed by atoms with van der Waals surface area (Å²) in [6.45, 7) is 22.2. The molecule has 2 aliphatic carbocycles. The summed E-state index contributed by atoms with van der Waals surface area (Å²) in [7, 11) is 11.6. The molecule has 4 aliphatic rings. The van der Waals surface area contributed by atoms with Crippen molar-refractivity contribution in [2.75, 3.05) is 95.8 Å². The van der Waals surface area contributed by atoms with Crippen molar-refractivity contribution in [3.63, 3.8) is 0 Å². The highest BCUT2D eigenvalue weighted by Gasteiger charge is 2.44. The van der Waals surface area contributed by atoms with E-state index in [1.165, 1.54) is 85.7 Å². The number of likely N-dealkylation sites (N-methyl/N-ethyl adjacent to an activating group) is 6. The fourth-order valence-corrected chi connectivity index (χ4v) is 15.2. The van der Waals surface area contributed by atoms with Gasteiger partial charge < -0.3 is 80.4 Å². The number of carbonyl (C=O) groups is 13. The summed E-state index contributed by atoms with van der Waals surface area (Å²) in [4.78, 5) is 204. The molecule has 2 aliphatic heterocycles. The van der Waals surface area contributed by atoms with Crippen LogP contribution in [0.5, 0.6) is 0 Å². The number of ether oxygens (including phenoxy) is 2. The molecule has 3 unspecified atom stereocenters. The number of piperidine rings is 1. The molecule has 0 aromatic heterocycles. The van der Waals surface area contributed by atoms with Crippen molar-refractivity contribution in [3.8, 4) is 0 Å². The highest BCUT2D eigenvalue weighted by molar-refractivity contribution is 6.00. The highest BCUT2D eigenvalue weighted by Crippen LogP contribution is 2.34. The highest BCUT2D eigenvalue weighted by atomic mass is 16.5. The van der Waals surface area contributed by atoms with Gasteiger partial charge in [-0.25, -0.2) is 0 Å². The Morgan fingerprint density at radius 2 is 1.02 bits per heavy atom. The van der Waals surface area contributed by atoms with Gasteiger partial charge in [0.05, 0.1) is 49.8 Å². The van der Waals surface area contributed by atoms with Crippen LogP contribution in [-0.2, 0) is 71.8 Å². The Morgan fingerprint density at radius 1 is 0.542 bits per heavy atom. The maximum absolute atomic E-state index is 15.5. The molecule has 0 aromatic carbocycles. The number of aliphatic hydroxyl groups excluding tert-OH is 1. The quantitative estimate of drug-likeness (QED) is 0.1000. The summed E-state index contributed by atoms with van der Waals surface area (Å²) in [5.74, 6) is -10.0. The average Bonchev–Trinajstić information content (AvgIpc) is 0.822. The van der Waals surface area contributed by atoms with Crippen LogP contribution in [0.15, 0.2) is 0 Å². The van der Waals surface area contributed by atoms with E-state index in [9.17, 15) is 29.1 Å². The number of nitrogens with one attached hydrogen (secondary N) is 5. The summed E-state index contributed by atoms with van der Waals surface area (Å²) in [6.07, 6.45) is 6.29. The summed E-state index contributed by atoms with van der Waals surface area (Å²) >= 11 is 0. The molecule has 29 heteroatoms. The molecule has 0 aromatic rings. The molecule has 13 atom stereocenters. The molecule has 4 rings (SSSR count). The number of aliphatic hydroxyl groups is 1. The van der Waals surface area contributed by atoms with Crippen molar-refractivity contribution in [3.05, 3.63) is 0 Å². The first-order valence-electron chi connectivity index (χ1n) is 39.5. The predicted molar refractivity (Wildman–Crippen MR) is 407 cm³/mol. The largest absolute Gasteiger partial charge is 0.391 e. The molecule has 0 bridgehead atoms. The van der Waals surface area contributed by atoms with Gasteiger partial charge in [0, 0.05) is 76.1 Å². The van der Waals surface area contributed by atoms with E-state index < -0.39 is 168 Å². The summed E-state index contributed by atoms with van der Waals surface area (Å²) in [6, 6.07) is -12.1. The molecule has 2 saturated heterocycles. The number of carbonyl (C=O) groups excluding carboxylic acids is 13. The Balaban J connectivity index is 2.00. The zero-order chi connectivity index (χ0) is 80.6. The second-order valence-corrected chi connectivity index (χ2v) is 33.5. The van der Waals surface area contributed by atoms with E-state index in [0.29, 0.717) is 51.6 Å². The molecule has 610 valence electrons. The predicted octanol–water partition coefficient (Wildman–Crippen LogP) is 4.09. The number of methoxy groups -OCH3 is 1. The molecule has 6 N–H and O–H groups in total. The number of rotatable bonds is 20. The minimum absolute atomic E-state index is 0.00620. The Kier molecular flexibility index (Phi) is 37.5. The van der Waals surface area contributed by atoms with Gasteiger partial charge in [-0.05, 0) is 147 Å². The first kappa shape index (κ1) is 92.4. The van der Waals surface area contributed by atoms with Crippen molar-refractivity contribution in [1.82, 2.24) is 65.8 Å². The minimum atomic E-state index is -1.64. The lowest BCUT2D eigenvalue weighted by Gasteiger charge is -2.38. The fourth-order valence-electron chi connectivity index (χ4n) is 15.2. The van der Waals surface area contributed by atoms with Gasteiger partial charge in [0.1, 0.15) is 54.4 Å². The summed E-state index contributed by atoms with van der Waals surface area (Å²) in [5, 5.41) is 25.3. The normalized spacial score (nSPS) is 27.7. The Morgan fingerprint density at radius 3 is 1.53 bits per heavy atom. The molecular weight excluding hydrogens is 1370 g/mol. The molecule has 29 nitrogen and oxygen atoms in total. The number of nitrogens with zero attached hydrogens (tertiary/aromatic N) is 8. The lowest BCUT2D eigenvalue weighted by molar-refractivity contribution is -0.152. The standard InChI is InChI=1S/C78H137N13O16/c1-22-58-69(97)83-67(51(10)92)77(105)84(15)44-65(94)86(17)62(41-52-29-25-23-26-30-52)76(104)89(20)61(40-50(8)9)72(100)82-57(46-107-78(11,12)13)74(102)88(19)60(39-49(6)7)71(99)81-56(75(103)90-34-27-24-28-35-90)43-64(93)91(36-33-53-31-32-54(68(96)79-14)63(42-53)106-21)45-66(95)85(16)59(38-48(4)5)70(98)80-55(37-47(2)3)73(101)87(58)18/h47-63,67,92H,22-46H2,1-21H3,(H,79,96)(H,80,98)(H,81,99)(H,82,100)(H,83,97)/t51-,53?,54?,55+,56+,57+,58+,59+,60+,61+,62+,63?,67+/m1/s1. The smallest absolute Gasteiger partial charge is 0.248 e. The van der Waals surface area contributed by atoms with Gasteiger partial charge in [0.15, 0.2) is 0 Å². The number of hydrogen-bond acceptors (Lipinski definition) is 16. The van der Waals surface area contributed by atoms with E-state index in [1.54, 1.807) is 39.6 Å². The third-order valence-electron chi connectivity index (χ3n) is 21.8. The van der Waals surface area contributed by atoms with Crippen molar-refractivity contribution < 1.29 is 76.9 Å². The van der Waals surface area contributed by atoms with E-state index in [-0.39, 0.29) is 93.1 Å². The maximum atomic E-state index is 15.5. The van der Waals surface area contributed by atoms with Gasteiger partial charge in [-0.2, -0.15) is 0 Å². The van der Waals surface area contributed by atoms with E-state index >= 15 is 38.4 Å². The minimum Gasteiger partial charge on any atom is -0.391 e. The maximum Gasteiger partial charge on any atom is 0.248 e. The van der Waals surface area contributed by atoms with Gasteiger partial charge in [0.25, 0.3) is 0 Å². The van der Waals surface area contributed by atoms with Crippen LogP contribution in [0.1, 0.15) is 212 Å². The van der Waals surface area contributed by atoms with Crippen LogP contribution >= 0.6 is 0 Å². The molecule has 107 heavy (non-hydrogen) atoms. The lowest BCUT2D eigenvalue weighted by atomic mass is 9.78. The molecule has 13 amide bonds. The topological polar surface area (TPSA) is 347 Å². The number of hydrogen-bond donors (Lipinski definition) is 6. The average molecular weight is 1510 g/mol. The van der Waals surface area contributed by atoms with Crippen LogP contribution < -0.4 is 26.6 Å². The molecule has 2 saturated carbocycles. The van der Waals surface area contributed by atoms with Crippen LogP contribution in [0.2, 0.25) is 0 Å². The van der Waals surface area contributed by atoms with Gasteiger partial charge in [-0.15, -0.1) is 0 Å². The third kappa shape index (κ3) is 27.8. The van der Waals surface area contributed by atoms with E-state index in [2.05, 4.69) is 26.6 Å². The fraction of sp³-hybridized carbons (Fsp3) is 0.833. The zero-order valence-electron chi connectivity index (χ0n) is 68.7. The number of likely N-dealkylation sites (tertiary alicyclic amines) is 1. The van der Waals surface area contributed by atoms with Gasteiger partial charge >= 0.3 is 0 Å². The summed E-state index contributed by atoms with van der Waals surface area (Å²) < 4.78 is 12.1. The van der Waals surface area contributed by atoms with Crippen LogP contribution in [-0.4, -0.2) is 289 Å². The lowest BCUT2D eigenvalue weighted by Crippen LogP contribution is -2.62. The third-order valence-corrected chi connectivity index (χ3v) is 21.8. The molecular formula is C78H137N13O16. The van der Waals surface area contributed by atoms with Crippen LogP contribution in [0.4, 0.5) is 0 Å². The van der Waals surface area contributed by atoms with Crippen molar-refractivity contribution in [1.29, 1.82) is 0 Å². The van der Waals surface area contributed by atoms with Gasteiger partial charge in [-0.3, -0.25) is 62.3 Å². The van der Waals surface area contributed by atoms with E-state index in [4.69, 9.17) is 9.47 Å². The molecule has 0 spiro atoms. The second-order valence-electron chi connectivity index (χ2n) is 33.5. The van der Waals surface area contributed by atoms with Crippen LogP contribution in [0, 0.1) is 41.4 Å². The van der Waals surface area contributed by atoms with Gasteiger partial charge in [-0.1, -0.05) is 94.4 Å². The van der Waals surface area contributed by atoms with Crippen LogP contribution in [0.3, 0.4) is 0 Å². The second kappa shape index (κ2) is 43.4. The number of amides is 13. The molecule has 2 heterocycles. The Bertz CT molecular complexity index is 2980. The molecule has 4 fully saturated rings. The molecule has 0 radical (unpaired) electrons. The van der Waals surface area contributed by atoms with Gasteiger partial charge in [0.2, 0.25) is 76.8 Å². The van der Waals surface area contributed by atoms with E-state index in [1.807, 2.05) is 55.4 Å². The Hall–Kier alpha value is -7.01. The van der Waals surface area contributed by atoms with E-state index in [0.717, 1.165) is 43.4 Å². The first-order valence-corrected chi connectivity index (χ1v) is 39.5. The monoisotopic (exact) mass is 1510 g/mol.